The maximum atomic E-state index is 9.76. The lowest BCUT2D eigenvalue weighted by atomic mass is 10.1. The van der Waals surface area contributed by atoms with Crippen LogP contribution in [0.25, 0.3) is 0 Å². The van der Waals surface area contributed by atoms with Gasteiger partial charge in [0.15, 0.2) is 6.29 Å². The first-order valence-electron chi connectivity index (χ1n) is 2.73. The molecule has 0 rings (SSSR count). The van der Waals surface area contributed by atoms with Crippen LogP contribution in [-0.2, 0) is 4.79 Å². The van der Waals surface area contributed by atoms with E-state index in [0.29, 0.717) is 0 Å². The minimum absolute atomic E-state index is 0. The third-order valence-electron chi connectivity index (χ3n) is 1.07. The van der Waals surface area contributed by atoms with Gasteiger partial charge in [0.1, 0.15) is 18.3 Å². The molecule has 0 aromatic carbocycles. The zero-order chi connectivity index (χ0) is 8.15. The maximum Gasteiger partial charge on any atom is 0.151 e. The van der Waals surface area contributed by atoms with Gasteiger partial charge in [0.05, 0.1) is 6.61 Å². The Balaban J connectivity index is 0. The molecule has 0 bridgehead atoms. The van der Waals surface area contributed by atoms with E-state index in [2.05, 4.69) is 0 Å². The van der Waals surface area contributed by atoms with Gasteiger partial charge >= 0.3 is 0 Å². The number of carbonyl (C=O) groups excluding carboxylic acids is 1. The van der Waals surface area contributed by atoms with Crippen molar-refractivity contribution in [2.75, 3.05) is 6.61 Å². The summed E-state index contributed by atoms with van der Waals surface area (Å²) in [5.41, 5.74) is 0. The first kappa shape index (κ1) is 13.4. The Bertz CT molecular complexity index is 109. The molecular weight excluding hydrogens is 176 g/mol. The van der Waals surface area contributed by atoms with E-state index in [9.17, 15) is 4.79 Å². The summed E-state index contributed by atoms with van der Waals surface area (Å²) < 4.78 is 0. The molecule has 0 saturated heterocycles. The van der Waals surface area contributed by atoms with Crippen molar-refractivity contribution in [3.8, 4) is 0 Å². The predicted octanol–water partition coefficient (Wildman–Crippen LogP) is -2.32. The summed E-state index contributed by atoms with van der Waals surface area (Å²) in [6.45, 7) is -0.688. The fraction of sp³-hybridized carbons (Fsp3) is 0.800. The highest BCUT2D eigenvalue weighted by Gasteiger charge is 2.22. The van der Waals surface area contributed by atoms with Crippen molar-refractivity contribution in [1.82, 2.24) is 0 Å². The molecule has 4 N–H and O–H groups in total. The van der Waals surface area contributed by atoms with Crippen molar-refractivity contribution in [2.24, 2.45) is 0 Å². The van der Waals surface area contributed by atoms with Crippen molar-refractivity contribution in [3.63, 3.8) is 0 Å². The molecule has 0 radical (unpaired) electrons. The molecule has 11 heavy (non-hydrogen) atoms. The van der Waals surface area contributed by atoms with Crippen LogP contribution in [-0.4, -0.2) is 51.6 Å². The molecule has 0 fully saturated rings. The number of carbonyl (C=O) groups is 1. The summed E-state index contributed by atoms with van der Waals surface area (Å²) in [5.74, 6) is 0. The lowest BCUT2D eigenvalue weighted by Crippen LogP contribution is -2.40. The van der Waals surface area contributed by atoms with E-state index in [1.54, 1.807) is 0 Å². The largest absolute Gasteiger partial charge is 0.394 e. The molecule has 0 amide bonds. The summed E-state index contributed by atoms with van der Waals surface area (Å²) in [4.78, 5) is 9.76. The van der Waals surface area contributed by atoms with Gasteiger partial charge in [-0.15, -0.1) is 12.4 Å². The highest BCUT2D eigenvalue weighted by Crippen LogP contribution is 1.96. The van der Waals surface area contributed by atoms with Crippen molar-refractivity contribution in [2.45, 2.75) is 18.3 Å². The second-order valence-corrected chi connectivity index (χ2v) is 1.87. The van der Waals surface area contributed by atoms with Gasteiger partial charge in [0.25, 0.3) is 0 Å². The van der Waals surface area contributed by atoms with Gasteiger partial charge < -0.3 is 25.2 Å². The highest BCUT2D eigenvalue weighted by atomic mass is 35.5. The summed E-state index contributed by atoms with van der Waals surface area (Å²) in [7, 11) is 0. The molecule has 0 unspecified atom stereocenters. The second-order valence-electron chi connectivity index (χ2n) is 1.87. The number of halogens is 1. The van der Waals surface area contributed by atoms with Gasteiger partial charge in [-0.05, 0) is 0 Å². The molecule has 68 valence electrons. The van der Waals surface area contributed by atoms with Gasteiger partial charge in [0, 0.05) is 0 Å². The van der Waals surface area contributed by atoms with Crippen LogP contribution in [0.2, 0.25) is 0 Å². The zero-order valence-corrected chi connectivity index (χ0v) is 6.44. The van der Waals surface area contributed by atoms with E-state index in [1.807, 2.05) is 0 Å². The molecule has 5 nitrogen and oxygen atoms in total. The van der Waals surface area contributed by atoms with Crippen LogP contribution < -0.4 is 0 Å². The third-order valence-corrected chi connectivity index (χ3v) is 1.07. The average molecular weight is 187 g/mol. The van der Waals surface area contributed by atoms with Gasteiger partial charge in [0.2, 0.25) is 0 Å². The number of hydrogen-bond acceptors (Lipinski definition) is 5. The van der Waals surface area contributed by atoms with E-state index in [-0.39, 0.29) is 18.7 Å². The Hall–Kier alpha value is -0.200. The Morgan fingerprint density at radius 1 is 1.27 bits per heavy atom. The highest BCUT2D eigenvalue weighted by molar-refractivity contribution is 5.85. The van der Waals surface area contributed by atoms with Crippen LogP contribution in [0.4, 0.5) is 0 Å². The van der Waals surface area contributed by atoms with E-state index in [0.717, 1.165) is 0 Å². The molecule has 0 aliphatic carbocycles. The van der Waals surface area contributed by atoms with Crippen LogP contribution in [0.15, 0.2) is 0 Å². The van der Waals surface area contributed by atoms with Gasteiger partial charge in [-0.2, -0.15) is 0 Å². The minimum Gasteiger partial charge on any atom is -0.394 e. The van der Waals surface area contributed by atoms with Crippen LogP contribution in [0.1, 0.15) is 0 Å². The van der Waals surface area contributed by atoms with Crippen molar-refractivity contribution in [3.05, 3.63) is 0 Å². The number of rotatable bonds is 4. The van der Waals surface area contributed by atoms with Gasteiger partial charge in [-0.1, -0.05) is 0 Å². The first-order chi connectivity index (χ1) is 4.63. The zero-order valence-electron chi connectivity index (χ0n) is 5.62. The summed E-state index contributed by atoms with van der Waals surface area (Å²) in [6.07, 6.45) is -4.63. The fourth-order valence-electron chi connectivity index (χ4n) is 0.416. The third kappa shape index (κ3) is 4.28. The Morgan fingerprint density at radius 3 is 2.00 bits per heavy atom. The summed E-state index contributed by atoms with van der Waals surface area (Å²) in [5, 5.41) is 34.1. The number of aldehydes is 1. The molecular formula is C5H11ClO5. The quantitative estimate of drug-likeness (QED) is 0.370. The molecule has 3 atom stereocenters. The molecule has 0 saturated carbocycles. The smallest absolute Gasteiger partial charge is 0.151 e. The normalized spacial score (nSPS) is 17.8. The van der Waals surface area contributed by atoms with Crippen molar-refractivity contribution < 1.29 is 25.2 Å². The fourth-order valence-corrected chi connectivity index (χ4v) is 0.416. The maximum absolute atomic E-state index is 9.76. The molecule has 0 aromatic heterocycles. The van der Waals surface area contributed by atoms with Crippen molar-refractivity contribution in [1.29, 1.82) is 0 Å². The number of hydrogen-bond donors (Lipinski definition) is 4. The lowest BCUT2D eigenvalue weighted by molar-refractivity contribution is -0.127. The minimum atomic E-state index is -1.64. The molecule has 0 aliphatic heterocycles. The van der Waals surface area contributed by atoms with Crippen molar-refractivity contribution >= 4 is 18.7 Å². The van der Waals surface area contributed by atoms with E-state index in [1.165, 1.54) is 0 Å². The van der Waals surface area contributed by atoms with Crippen LogP contribution >= 0.6 is 12.4 Å². The Labute approximate surface area is 69.7 Å². The molecule has 0 heterocycles. The molecule has 0 spiro atoms. The summed E-state index contributed by atoms with van der Waals surface area (Å²) >= 11 is 0. The molecule has 0 aromatic rings. The predicted molar refractivity (Wildman–Crippen MR) is 38.4 cm³/mol. The topological polar surface area (TPSA) is 98.0 Å². The van der Waals surface area contributed by atoms with E-state index >= 15 is 0 Å². The van der Waals surface area contributed by atoms with Crippen LogP contribution in [0.5, 0.6) is 0 Å². The lowest BCUT2D eigenvalue weighted by Gasteiger charge is -2.16. The molecule has 0 aliphatic rings. The Kier molecular flexibility index (Phi) is 7.92. The standard InChI is InChI=1S/C5H10O5.ClH/c6-1-3(8)5(10)4(9)2-7;/h1,3-5,7-10H,2H2;1H/t3-,4+,5-;/m0./s1. The monoisotopic (exact) mass is 186 g/mol. The van der Waals surface area contributed by atoms with Gasteiger partial charge in [-0.3, -0.25) is 0 Å². The summed E-state index contributed by atoms with van der Waals surface area (Å²) in [6, 6.07) is 0. The van der Waals surface area contributed by atoms with E-state index < -0.39 is 24.9 Å². The van der Waals surface area contributed by atoms with E-state index in [4.69, 9.17) is 20.4 Å². The number of aliphatic hydroxyl groups is 4. The van der Waals surface area contributed by atoms with Gasteiger partial charge in [-0.25, -0.2) is 0 Å². The molecule has 6 heteroatoms. The number of aliphatic hydroxyl groups excluding tert-OH is 4. The SMILES string of the molecule is Cl.O=C[C@H](O)[C@H](O)[C@H](O)CO. The Morgan fingerprint density at radius 2 is 1.73 bits per heavy atom. The first-order valence-corrected chi connectivity index (χ1v) is 2.73. The average Bonchev–Trinajstić information content (AvgIpc) is 2.00. The van der Waals surface area contributed by atoms with Crippen LogP contribution in [0, 0.1) is 0 Å². The van der Waals surface area contributed by atoms with Crippen LogP contribution in [0.3, 0.4) is 0 Å². The second kappa shape index (κ2) is 6.51.